The molecule has 0 aliphatic carbocycles. The minimum Gasteiger partial charge on any atom is -0.384 e. The molecule has 1 aromatic heterocycles. The Bertz CT molecular complexity index is 289. The molecule has 0 aromatic carbocycles. The van der Waals surface area contributed by atoms with Gasteiger partial charge in [0, 0.05) is 13.2 Å². The van der Waals surface area contributed by atoms with Crippen molar-refractivity contribution in [1.29, 1.82) is 0 Å². The second-order valence-corrected chi connectivity index (χ2v) is 3.48. The minimum absolute atomic E-state index is 0.660. The zero-order valence-electron chi connectivity index (χ0n) is 8.20. The second-order valence-electron chi connectivity index (χ2n) is 3.48. The molecule has 1 N–H and O–H groups in total. The molecule has 0 aliphatic heterocycles. The predicted octanol–water partition coefficient (Wildman–Crippen LogP) is 1.59. The Balaban J connectivity index is 2.74. The molecule has 1 rings (SSSR count). The van der Waals surface area contributed by atoms with E-state index in [1.54, 1.807) is 17.7 Å². The quantitative estimate of drug-likeness (QED) is 0.714. The van der Waals surface area contributed by atoms with Gasteiger partial charge in [-0.25, -0.2) is 0 Å². The molecule has 0 spiro atoms. The van der Waals surface area contributed by atoms with Crippen LogP contribution in [0.4, 0.5) is 0 Å². The van der Waals surface area contributed by atoms with Crippen LogP contribution in [-0.2, 0) is 12.6 Å². The van der Waals surface area contributed by atoms with Crippen molar-refractivity contribution >= 4 is 0 Å². The summed E-state index contributed by atoms with van der Waals surface area (Å²) in [6.45, 7) is 5.40. The summed E-state index contributed by atoms with van der Waals surface area (Å²) in [5.74, 6) is 0. The van der Waals surface area contributed by atoms with Gasteiger partial charge in [0.15, 0.2) is 0 Å². The third-order valence-electron chi connectivity index (χ3n) is 2.10. The Morgan fingerprint density at radius 1 is 1.77 bits per heavy atom. The molecule has 0 radical (unpaired) electrons. The molecule has 72 valence electrons. The first-order chi connectivity index (χ1) is 6.06. The van der Waals surface area contributed by atoms with Crippen molar-refractivity contribution in [3.63, 3.8) is 0 Å². The largest absolute Gasteiger partial charge is 0.384 e. The Hall–Kier alpha value is -1.09. The zero-order valence-corrected chi connectivity index (χ0v) is 8.20. The molecule has 0 bridgehead atoms. The van der Waals surface area contributed by atoms with E-state index in [2.05, 4.69) is 11.7 Å². The van der Waals surface area contributed by atoms with Crippen LogP contribution in [0.15, 0.2) is 24.9 Å². The van der Waals surface area contributed by atoms with Gasteiger partial charge in [0.1, 0.15) is 5.60 Å². The summed E-state index contributed by atoms with van der Waals surface area (Å²) in [6, 6.07) is 1.84. The van der Waals surface area contributed by atoms with Crippen LogP contribution >= 0.6 is 0 Å². The summed E-state index contributed by atoms with van der Waals surface area (Å²) < 4.78 is 1.69. The minimum atomic E-state index is -0.838. The highest BCUT2D eigenvalue weighted by molar-refractivity contribution is 5.09. The summed E-state index contributed by atoms with van der Waals surface area (Å²) in [5, 5.41) is 14.2. The van der Waals surface area contributed by atoms with Crippen molar-refractivity contribution in [3.8, 4) is 0 Å². The van der Waals surface area contributed by atoms with Crippen LogP contribution in [0.3, 0.4) is 0 Å². The molecule has 1 unspecified atom stereocenters. The molecule has 0 aliphatic rings. The lowest BCUT2D eigenvalue weighted by molar-refractivity contribution is 0.0437. The van der Waals surface area contributed by atoms with E-state index in [1.807, 2.05) is 19.3 Å². The molecule has 3 heteroatoms. The number of aliphatic hydroxyl groups is 1. The number of allylic oxidation sites excluding steroid dienone is 1. The summed E-state index contributed by atoms with van der Waals surface area (Å²) in [6.07, 6.45) is 5.09. The number of hydrogen-bond donors (Lipinski definition) is 1. The fraction of sp³-hybridized carbons (Fsp3) is 0.500. The Morgan fingerprint density at radius 3 is 2.92 bits per heavy atom. The lowest BCUT2D eigenvalue weighted by Crippen LogP contribution is -2.21. The van der Waals surface area contributed by atoms with Crippen LogP contribution in [-0.4, -0.2) is 14.9 Å². The van der Waals surface area contributed by atoms with E-state index in [9.17, 15) is 5.11 Å². The molecular weight excluding hydrogens is 164 g/mol. The monoisotopic (exact) mass is 180 g/mol. The molecule has 0 amide bonds. The lowest BCUT2D eigenvalue weighted by atomic mass is 9.96. The van der Waals surface area contributed by atoms with Crippen LogP contribution in [0, 0.1) is 0 Å². The number of nitrogens with zero attached hydrogens (tertiary/aromatic N) is 2. The average Bonchev–Trinajstić information content (AvgIpc) is 2.49. The molecule has 1 aromatic rings. The standard InChI is InChI=1S/C10H16N2O/c1-4-5-7-10(2,13)9-6-8-12(3)11-9/h4,6,8,13H,1,5,7H2,2-3H3. The van der Waals surface area contributed by atoms with Crippen molar-refractivity contribution in [2.24, 2.45) is 7.05 Å². The van der Waals surface area contributed by atoms with Gasteiger partial charge in [0.2, 0.25) is 0 Å². The molecule has 0 saturated carbocycles. The maximum atomic E-state index is 10.0. The fourth-order valence-corrected chi connectivity index (χ4v) is 1.21. The Morgan fingerprint density at radius 2 is 2.46 bits per heavy atom. The van der Waals surface area contributed by atoms with Gasteiger partial charge >= 0.3 is 0 Å². The predicted molar refractivity (Wildman–Crippen MR) is 52.2 cm³/mol. The van der Waals surface area contributed by atoms with Crippen LogP contribution in [0.5, 0.6) is 0 Å². The highest BCUT2D eigenvalue weighted by Gasteiger charge is 2.24. The number of aryl methyl sites for hydroxylation is 1. The maximum absolute atomic E-state index is 10.0. The molecule has 3 nitrogen and oxygen atoms in total. The fourth-order valence-electron chi connectivity index (χ4n) is 1.21. The molecule has 0 fully saturated rings. The van der Waals surface area contributed by atoms with Gasteiger partial charge in [-0.05, 0) is 25.8 Å². The maximum Gasteiger partial charge on any atom is 0.106 e. The topological polar surface area (TPSA) is 38.0 Å². The molecule has 1 atom stereocenters. The van der Waals surface area contributed by atoms with Crippen molar-refractivity contribution in [3.05, 3.63) is 30.6 Å². The first-order valence-electron chi connectivity index (χ1n) is 4.39. The van der Waals surface area contributed by atoms with Crippen molar-refractivity contribution in [2.75, 3.05) is 0 Å². The third-order valence-corrected chi connectivity index (χ3v) is 2.10. The zero-order chi connectivity index (χ0) is 9.90. The van der Waals surface area contributed by atoms with E-state index < -0.39 is 5.60 Å². The van der Waals surface area contributed by atoms with Gasteiger partial charge in [-0.2, -0.15) is 5.10 Å². The lowest BCUT2D eigenvalue weighted by Gasteiger charge is -2.19. The average molecular weight is 180 g/mol. The van der Waals surface area contributed by atoms with E-state index in [0.29, 0.717) is 6.42 Å². The van der Waals surface area contributed by atoms with Crippen molar-refractivity contribution < 1.29 is 5.11 Å². The summed E-state index contributed by atoms with van der Waals surface area (Å²) in [5.41, 5.74) is -0.119. The first kappa shape index (κ1) is 9.99. The summed E-state index contributed by atoms with van der Waals surface area (Å²) in [7, 11) is 1.84. The van der Waals surface area contributed by atoms with Crippen LogP contribution < -0.4 is 0 Å². The van der Waals surface area contributed by atoms with Crippen LogP contribution in [0.2, 0.25) is 0 Å². The number of rotatable bonds is 4. The normalized spacial score (nSPS) is 15.3. The summed E-state index contributed by atoms with van der Waals surface area (Å²) in [4.78, 5) is 0. The third kappa shape index (κ3) is 2.42. The van der Waals surface area contributed by atoms with Gasteiger partial charge in [0.25, 0.3) is 0 Å². The van der Waals surface area contributed by atoms with E-state index in [1.165, 1.54) is 0 Å². The Labute approximate surface area is 78.7 Å². The van der Waals surface area contributed by atoms with E-state index in [-0.39, 0.29) is 0 Å². The van der Waals surface area contributed by atoms with Gasteiger partial charge in [-0.3, -0.25) is 4.68 Å². The second kappa shape index (κ2) is 3.75. The molecular formula is C10H16N2O. The molecule has 13 heavy (non-hydrogen) atoms. The van der Waals surface area contributed by atoms with Gasteiger partial charge in [-0.1, -0.05) is 6.08 Å². The van der Waals surface area contributed by atoms with Gasteiger partial charge < -0.3 is 5.11 Å². The van der Waals surface area contributed by atoms with E-state index >= 15 is 0 Å². The van der Waals surface area contributed by atoms with Crippen molar-refractivity contribution in [2.45, 2.75) is 25.4 Å². The molecule has 1 heterocycles. The first-order valence-corrected chi connectivity index (χ1v) is 4.39. The van der Waals surface area contributed by atoms with E-state index in [4.69, 9.17) is 0 Å². The van der Waals surface area contributed by atoms with E-state index in [0.717, 1.165) is 12.1 Å². The molecule has 0 saturated heterocycles. The van der Waals surface area contributed by atoms with Crippen LogP contribution in [0.1, 0.15) is 25.5 Å². The summed E-state index contributed by atoms with van der Waals surface area (Å²) >= 11 is 0. The van der Waals surface area contributed by atoms with Crippen LogP contribution in [0.25, 0.3) is 0 Å². The highest BCUT2D eigenvalue weighted by atomic mass is 16.3. The Kier molecular flexibility index (Phi) is 2.88. The number of hydrogen-bond acceptors (Lipinski definition) is 2. The number of aromatic nitrogens is 2. The van der Waals surface area contributed by atoms with Gasteiger partial charge in [0.05, 0.1) is 5.69 Å². The van der Waals surface area contributed by atoms with Crippen molar-refractivity contribution in [1.82, 2.24) is 9.78 Å². The highest BCUT2D eigenvalue weighted by Crippen LogP contribution is 2.23. The van der Waals surface area contributed by atoms with Gasteiger partial charge in [-0.15, -0.1) is 6.58 Å². The SMILES string of the molecule is C=CCCC(C)(O)c1ccn(C)n1. The smallest absolute Gasteiger partial charge is 0.106 e.